The Kier molecular flexibility index (Phi) is 12.1. The van der Waals surface area contributed by atoms with Gasteiger partial charge in [-0.2, -0.15) is 0 Å². The number of aliphatic hydroxyl groups excluding tert-OH is 2. The second-order valence-electron chi connectivity index (χ2n) is 10.2. The van der Waals surface area contributed by atoms with E-state index in [0.717, 1.165) is 0 Å². The number of fused-ring (bicyclic) bond motifs is 1. The quantitative estimate of drug-likeness (QED) is 0.220. The van der Waals surface area contributed by atoms with Gasteiger partial charge in [-0.05, 0) is 38.2 Å². The van der Waals surface area contributed by atoms with Crippen LogP contribution < -0.4 is 11.1 Å². The fourth-order valence-corrected chi connectivity index (χ4v) is 4.84. The third-order valence-corrected chi connectivity index (χ3v) is 7.08. The van der Waals surface area contributed by atoms with E-state index in [0.29, 0.717) is 12.0 Å². The molecule has 1 heterocycles. The maximum Gasteiger partial charge on any atom is 0.405 e. The number of rotatable bonds is 4. The molecule has 0 saturated heterocycles. The number of carbonyl (C=O) groups is 4. The summed E-state index contributed by atoms with van der Waals surface area (Å²) in [5.74, 6) is -4.51. The van der Waals surface area contributed by atoms with Gasteiger partial charge in [0.25, 0.3) is 17.5 Å². The number of hydrogen-bond donors (Lipinski definition) is 4. The molecule has 1 aliphatic heterocycles. The summed E-state index contributed by atoms with van der Waals surface area (Å²) in [6, 6.07) is 0. The number of primary amides is 1. The zero-order valence-electron chi connectivity index (χ0n) is 24.4. The zero-order chi connectivity index (χ0) is 31.0. The van der Waals surface area contributed by atoms with Crippen molar-refractivity contribution in [3.8, 4) is 0 Å². The zero-order valence-corrected chi connectivity index (χ0v) is 24.4. The second-order valence-corrected chi connectivity index (χ2v) is 10.2. The third kappa shape index (κ3) is 8.15. The molecule has 0 radical (unpaired) electrons. The summed E-state index contributed by atoms with van der Waals surface area (Å²) in [5.41, 5.74) is 5.50. The minimum Gasteiger partial charge on any atom is -0.505 e. The largest absolute Gasteiger partial charge is 0.505 e. The molecule has 2 amide bonds. The summed E-state index contributed by atoms with van der Waals surface area (Å²) in [7, 11) is 4.07. The van der Waals surface area contributed by atoms with Crippen molar-refractivity contribution in [3.63, 3.8) is 0 Å². The van der Waals surface area contributed by atoms with Crippen LogP contribution in [0.2, 0.25) is 0 Å². The first-order valence-electron chi connectivity index (χ1n) is 13.1. The van der Waals surface area contributed by atoms with Gasteiger partial charge in [0.2, 0.25) is 0 Å². The molecule has 12 nitrogen and oxygen atoms in total. The molecule has 0 unspecified atom stereocenters. The van der Waals surface area contributed by atoms with Gasteiger partial charge in [0, 0.05) is 31.3 Å². The Hall–Kier alpha value is -3.74. The average molecular weight is 577 g/mol. The van der Waals surface area contributed by atoms with Crippen LogP contribution in [0, 0.1) is 11.8 Å². The molecule has 41 heavy (non-hydrogen) atoms. The van der Waals surface area contributed by atoms with Gasteiger partial charge < -0.3 is 40.2 Å². The maximum atomic E-state index is 12.9. The lowest BCUT2D eigenvalue weighted by Crippen LogP contribution is -2.38. The molecule has 0 fully saturated rings. The highest BCUT2D eigenvalue weighted by Crippen LogP contribution is 2.32. The Morgan fingerprint density at radius 1 is 1.07 bits per heavy atom. The second kappa shape index (κ2) is 14.8. The summed E-state index contributed by atoms with van der Waals surface area (Å²) < 4.78 is 21.6. The summed E-state index contributed by atoms with van der Waals surface area (Å²) in [4.78, 5) is 50.2. The first-order valence-corrected chi connectivity index (χ1v) is 13.1. The van der Waals surface area contributed by atoms with Crippen molar-refractivity contribution in [2.24, 2.45) is 17.6 Å². The van der Waals surface area contributed by atoms with Crippen LogP contribution in [-0.2, 0) is 33.3 Å². The predicted molar refractivity (Wildman–Crippen MR) is 148 cm³/mol. The molecule has 0 aromatic heterocycles. The highest BCUT2D eigenvalue weighted by atomic mass is 16.6. The van der Waals surface area contributed by atoms with Crippen molar-refractivity contribution in [1.82, 2.24) is 5.32 Å². The SMILES string of the molecule is COC1=C2C[C@H](C)C[C@H](OC)[C@H](O)[C@H](C)/C=C(/C)[C@H](OC(N)=O)[C@@H](OC)/C=C\C=C(/C)C(=O)NC(=C2O)C(=O)C1=O. The smallest absolute Gasteiger partial charge is 0.405 e. The van der Waals surface area contributed by atoms with Gasteiger partial charge in [-0.3, -0.25) is 14.4 Å². The number of amides is 2. The minimum absolute atomic E-state index is 0.0573. The number of ketones is 2. The summed E-state index contributed by atoms with van der Waals surface area (Å²) in [6.07, 6.45) is 2.06. The molecular formula is C29H40N2O10. The van der Waals surface area contributed by atoms with E-state index in [4.69, 9.17) is 24.7 Å². The molecule has 0 spiro atoms. The van der Waals surface area contributed by atoms with Crippen LogP contribution >= 0.6 is 0 Å². The Bertz CT molecular complexity index is 1200. The number of nitrogens with two attached hydrogens (primary N) is 1. The number of Topliss-reactive ketones (excluding diaryl/α,β-unsaturated/α-hetero) is 2. The van der Waals surface area contributed by atoms with Gasteiger partial charge in [-0.25, -0.2) is 4.79 Å². The molecule has 226 valence electrons. The van der Waals surface area contributed by atoms with Gasteiger partial charge >= 0.3 is 6.09 Å². The molecule has 12 heteroatoms. The highest BCUT2D eigenvalue weighted by Gasteiger charge is 2.38. The van der Waals surface area contributed by atoms with Crippen LogP contribution in [0.3, 0.4) is 0 Å². The minimum atomic E-state index is -1.12. The van der Waals surface area contributed by atoms with E-state index >= 15 is 0 Å². The van der Waals surface area contributed by atoms with E-state index in [1.807, 2.05) is 6.92 Å². The third-order valence-electron chi connectivity index (χ3n) is 7.08. The van der Waals surface area contributed by atoms with Crippen LogP contribution in [0.25, 0.3) is 0 Å². The molecule has 2 rings (SSSR count). The van der Waals surface area contributed by atoms with Crippen molar-refractivity contribution in [3.05, 3.63) is 58.2 Å². The Morgan fingerprint density at radius 3 is 2.29 bits per heavy atom. The van der Waals surface area contributed by atoms with Crippen molar-refractivity contribution >= 4 is 23.6 Å². The average Bonchev–Trinajstić information content (AvgIpc) is 2.92. The molecule has 0 aromatic rings. The molecule has 6 atom stereocenters. The van der Waals surface area contributed by atoms with E-state index in [2.05, 4.69) is 5.32 Å². The van der Waals surface area contributed by atoms with Gasteiger partial charge in [0.05, 0.1) is 19.3 Å². The molecule has 0 aromatic carbocycles. The predicted octanol–water partition coefficient (Wildman–Crippen LogP) is 2.29. The summed E-state index contributed by atoms with van der Waals surface area (Å²) >= 11 is 0. The van der Waals surface area contributed by atoms with Gasteiger partial charge in [0.1, 0.15) is 17.6 Å². The molecule has 1 aliphatic carbocycles. The number of methoxy groups -OCH3 is 3. The van der Waals surface area contributed by atoms with Crippen LogP contribution in [0.1, 0.15) is 40.5 Å². The fourth-order valence-electron chi connectivity index (χ4n) is 4.84. The summed E-state index contributed by atoms with van der Waals surface area (Å²) in [5, 5.41) is 24.5. The van der Waals surface area contributed by atoms with Crippen molar-refractivity contribution < 1.29 is 48.3 Å². The van der Waals surface area contributed by atoms with E-state index < -0.39 is 65.4 Å². The molecular weight excluding hydrogens is 536 g/mol. The number of allylic oxidation sites excluding steroid dienone is 5. The van der Waals surface area contributed by atoms with Gasteiger partial charge in [-0.1, -0.05) is 38.2 Å². The van der Waals surface area contributed by atoms with Crippen LogP contribution in [-0.4, -0.2) is 79.5 Å². The highest BCUT2D eigenvalue weighted by molar-refractivity contribution is 6.50. The van der Waals surface area contributed by atoms with Gasteiger partial charge in [-0.15, -0.1) is 0 Å². The van der Waals surface area contributed by atoms with Crippen molar-refractivity contribution in [1.29, 1.82) is 0 Å². The summed E-state index contributed by atoms with van der Waals surface area (Å²) in [6.45, 7) is 6.76. The van der Waals surface area contributed by atoms with E-state index in [9.17, 15) is 29.4 Å². The fraction of sp³-hybridized carbons (Fsp3) is 0.517. The van der Waals surface area contributed by atoms with E-state index in [1.54, 1.807) is 19.9 Å². The number of aliphatic hydroxyl groups is 2. The monoisotopic (exact) mass is 576 g/mol. The Labute approximate surface area is 239 Å². The Morgan fingerprint density at radius 2 is 1.73 bits per heavy atom. The number of nitrogens with one attached hydrogen (secondary N) is 1. The van der Waals surface area contributed by atoms with E-state index in [-0.39, 0.29) is 29.2 Å². The van der Waals surface area contributed by atoms with Crippen molar-refractivity contribution in [2.45, 2.75) is 65.0 Å². The molecule has 2 aliphatic rings. The number of ether oxygens (including phenoxy) is 4. The standard InChI is InChI=1S/C29H40N2O10/c1-14-11-18-23(33)21(24(34)25(35)27(18)40-7)31-28(36)15(2)9-8-10-19(38-5)26(41-29(30)37)17(4)13-16(3)22(32)20(12-14)39-6/h8-10,13-14,16,19-20,22,26,32-33H,11-12H2,1-7H3,(H2,30,37)(H,31,36)/b10-8-,15-9+,17-13-/t14-,16+,19-,20-,22+,26-/m0/s1. The maximum absolute atomic E-state index is 12.9. The van der Waals surface area contributed by atoms with Gasteiger partial charge in [0.15, 0.2) is 11.9 Å². The lowest BCUT2D eigenvalue weighted by Gasteiger charge is -2.30. The lowest BCUT2D eigenvalue weighted by molar-refractivity contribution is -0.135. The molecule has 2 bridgehead atoms. The first kappa shape index (κ1) is 33.5. The number of hydrogen-bond acceptors (Lipinski definition) is 10. The van der Waals surface area contributed by atoms with Crippen LogP contribution in [0.5, 0.6) is 0 Å². The van der Waals surface area contributed by atoms with Crippen molar-refractivity contribution in [2.75, 3.05) is 21.3 Å². The molecule has 5 N–H and O–H groups in total. The first-order chi connectivity index (χ1) is 19.3. The lowest BCUT2D eigenvalue weighted by atomic mass is 9.85. The van der Waals surface area contributed by atoms with E-state index in [1.165, 1.54) is 46.5 Å². The Balaban J connectivity index is 2.67. The number of carbonyl (C=O) groups excluding carboxylic acids is 4. The van der Waals surface area contributed by atoms with Crippen LogP contribution in [0.4, 0.5) is 4.79 Å². The normalized spacial score (nSPS) is 32.4. The molecule has 0 saturated carbocycles. The topological polar surface area (TPSA) is 184 Å². The van der Waals surface area contributed by atoms with Crippen LogP contribution in [0.15, 0.2) is 58.2 Å².